The van der Waals surface area contributed by atoms with Crippen LogP contribution in [0.3, 0.4) is 0 Å². The Hall–Kier alpha value is -2.92. The summed E-state index contributed by atoms with van der Waals surface area (Å²) >= 11 is 1.62. The van der Waals surface area contributed by atoms with Gasteiger partial charge < -0.3 is 15.2 Å². The third-order valence-electron chi connectivity index (χ3n) is 3.68. The molecule has 0 bridgehead atoms. The van der Waals surface area contributed by atoms with Gasteiger partial charge in [0, 0.05) is 9.79 Å². The van der Waals surface area contributed by atoms with Crippen molar-refractivity contribution in [2.75, 3.05) is 5.32 Å². The zero-order chi connectivity index (χ0) is 16.5. The quantitative estimate of drug-likeness (QED) is 0.406. The van der Waals surface area contributed by atoms with Crippen LogP contribution in [0, 0.1) is 0 Å². The Labute approximate surface area is 143 Å². The van der Waals surface area contributed by atoms with Gasteiger partial charge in [0.1, 0.15) is 11.3 Å². The molecule has 0 aliphatic carbocycles. The van der Waals surface area contributed by atoms with E-state index in [0.717, 1.165) is 21.2 Å². The third-order valence-corrected chi connectivity index (χ3v) is 4.82. The number of benzene rings is 3. The summed E-state index contributed by atoms with van der Waals surface area (Å²) < 4.78 is 5.52. The van der Waals surface area contributed by atoms with E-state index in [1.165, 1.54) is 12.1 Å². The molecule has 0 unspecified atom stereocenters. The second-order valence-electron chi connectivity index (χ2n) is 5.26. The van der Waals surface area contributed by atoms with E-state index in [-0.39, 0.29) is 11.3 Å². The minimum absolute atomic E-state index is 0.0972. The van der Waals surface area contributed by atoms with Crippen LogP contribution in [0.5, 0.6) is 11.5 Å². The van der Waals surface area contributed by atoms with E-state index in [1.807, 2.05) is 36.4 Å². The highest BCUT2D eigenvalue weighted by Gasteiger charge is 2.21. The second-order valence-corrected chi connectivity index (χ2v) is 6.34. The Bertz CT molecular complexity index is 939. The molecule has 5 heteroatoms. The van der Waals surface area contributed by atoms with Crippen molar-refractivity contribution in [2.24, 2.45) is 0 Å². The zero-order valence-corrected chi connectivity index (χ0v) is 13.3. The third kappa shape index (κ3) is 2.59. The van der Waals surface area contributed by atoms with Crippen LogP contribution in [0.1, 0.15) is 10.4 Å². The predicted molar refractivity (Wildman–Crippen MR) is 93.4 cm³/mol. The van der Waals surface area contributed by atoms with Crippen LogP contribution in [-0.4, -0.2) is 11.1 Å². The number of rotatable bonds is 2. The molecule has 1 aliphatic rings. The molecule has 0 aromatic heterocycles. The van der Waals surface area contributed by atoms with Gasteiger partial charge in [-0.25, -0.2) is 4.79 Å². The van der Waals surface area contributed by atoms with Gasteiger partial charge in [0.25, 0.3) is 0 Å². The van der Waals surface area contributed by atoms with Crippen LogP contribution in [0.2, 0.25) is 0 Å². The van der Waals surface area contributed by atoms with Gasteiger partial charge in [-0.3, -0.25) is 0 Å². The topological polar surface area (TPSA) is 58.6 Å². The first-order chi connectivity index (χ1) is 11.7. The molecular formula is C19H13NO3S. The Kier molecular flexibility index (Phi) is 3.63. The molecule has 4 nitrogen and oxygen atoms in total. The van der Waals surface area contributed by atoms with Gasteiger partial charge in [-0.05, 0) is 36.4 Å². The smallest absolute Gasteiger partial charge is 0.347 e. The van der Waals surface area contributed by atoms with E-state index < -0.39 is 5.97 Å². The largest absolute Gasteiger partial charge is 0.507 e. The minimum atomic E-state index is -0.591. The molecule has 2 N–H and O–H groups in total. The normalized spacial score (nSPS) is 11.8. The molecule has 24 heavy (non-hydrogen) atoms. The molecule has 1 heterocycles. The molecule has 0 fully saturated rings. The van der Waals surface area contributed by atoms with Crippen molar-refractivity contribution >= 4 is 29.1 Å². The van der Waals surface area contributed by atoms with Crippen molar-refractivity contribution in [1.82, 2.24) is 0 Å². The van der Waals surface area contributed by atoms with Crippen molar-refractivity contribution < 1.29 is 14.6 Å². The fourth-order valence-electron chi connectivity index (χ4n) is 2.52. The van der Waals surface area contributed by atoms with Crippen molar-refractivity contribution in [1.29, 1.82) is 0 Å². The number of carbonyl (C=O) groups excluding carboxylic acids is 1. The number of hydrogen-bond acceptors (Lipinski definition) is 5. The molecule has 0 saturated heterocycles. The average molecular weight is 335 g/mol. The zero-order valence-electron chi connectivity index (χ0n) is 12.5. The Morgan fingerprint density at radius 2 is 1.67 bits per heavy atom. The number of anilines is 2. The van der Waals surface area contributed by atoms with Crippen LogP contribution >= 0.6 is 11.8 Å². The first-order valence-electron chi connectivity index (χ1n) is 7.39. The molecule has 0 radical (unpaired) electrons. The molecule has 4 rings (SSSR count). The first-order valence-corrected chi connectivity index (χ1v) is 8.21. The maximum absolute atomic E-state index is 12.3. The molecule has 3 aromatic rings. The van der Waals surface area contributed by atoms with Gasteiger partial charge in [0.2, 0.25) is 0 Å². The molecule has 3 aromatic carbocycles. The van der Waals surface area contributed by atoms with Crippen LogP contribution in [0.4, 0.5) is 11.4 Å². The molecule has 118 valence electrons. The van der Waals surface area contributed by atoms with Crippen LogP contribution < -0.4 is 10.1 Å². The molecule has 0 atom stereocenters. The number of hydrogen-bond donors (Lipinski definition) is 2. The second kappa shape index (κ2) is 5.94. The van der Waals surface area contributed by atoms with Gasteiger partial charge in [0.15, 0.2) is 5.75 Å². The lowest BCUT2D eigenvalue weighted by molar-refractivity contribution is 0.0732. The van der Waals surface area contributed by atoms with Crippen molar-refractivity contribution in [3.05, 3.63) is 72.3 Å². The summed E-state index contributed by atoms with van der Waals surface area (Å²) in [7, 11) is 0. The average Bonchev–Trinajstić information content (AvgIpc) is 2.61. The lowest BCUT2D eigenvalue weighted by atomic mass is 10.2. The summed E-state index contributed by atoms with van der Waals surface area (Å²) in [4.78, 5) is 14.5. The number of aromatic hydroxyl groups is 1. The highest BCUT2D eigenvalue weighted by molar-refractivity contribution is 7.99. The molecule has 0 saturated carbocycles. The number of phenolic OH excluding ortho intramolecular Hbond substituents is 1. The van der Waals surface area contributed by atoms with Gasteiger partial charge >= 0.3 is 5.97 Å². The number of nitrogens with one attached hydrogen (secondary N) is 1. The molecule has 0 amide bonds. The molecule has 1 aliphatic heterocycles. The summed E-state index contributed by atoms with van der Waals surface area (Å²) in [5.41, 5.74) is 1.87. The van der Waals surface area contributed by atoms with E-state index in [1.54, 1.807) is 30.0 Å². The van der Waals surface area contributed by atoms with Crippen molar-refractivity contribution in [3.8, 4) is 11.5 Å². The Balaban J connectivity index is 1.67. The van der Waals surface area contributed by atoms with E-state index in [0.29, 0.717) is 5.75 Å². The Morgan fingerprint density at radius 1 is 0.917 bits per heavy atom. The summed E-state index contributed by atoms with van der Waals surface area (Å²) in [6, 6.07) is 19.8. The summed E-state index contributed by atoms with van der Waals surface area (Å²) in [6.07, 6.45) is 0. The first kappa shape index (κ1) is 14.7. The van der Waals surface area contributed by atoms with E-state index in [9.17, 15) is 9.90 Å². The van der Waals surface area contributed by atoms with Gasteiger partial charge in [-0.2, -0.15) is 0 Å². The minimum Gasteiger partial charge on any atom is -0.507 e. The van der Waals surface area contributed by atoms with E-state index in [4.69, 9.17) is 4.74 Å². The van der Waals surface area contributed by atoms with Crippen LogP contribution in [0.25, 0.3) is 0 Å². The van der Waals surface area contributed by atoms with Gasteiger partial charge in [-0.1, -0.05) is 42.1 Å². The molecular weight excluding hydrogens is 322 g/mol. The number of ether oxygens (including phenoxy) is 1. The maximum Gasteiger partial charge on any atom is 0.347 e. The van der Waals surface area contributed by atoms with Crippen LogP contribution in [-0.2, 0) is 0 Å². The molecule has 0 spiro atoms. The standard InChI is InChI=1S/C19H13NO3S/c21-14-8-3-1-6-12(14)19(22)23-15-9-5-11-17-18(15)20-13-7-2-4-10-16(13)24-17/h1-11,20-21H. The number of carbonyl (C=O) groups is 1. The highest BCUT2D eigenvalue weighted by atomic mass is 32.2. The van der Waals surface area contributed by atoms with E-state index in [2.05, 4.69) is 5.32 Å². The Morgan fingerprint density at radius 3 is 2.54 bits per heavy atom. The number of esters is 1. The number of fused-ring (bicyclic) bond motifs is 2. The number of para-hydroxylation sites is 3. The number of phenols is 1. The summed E-state index contributed by atoms with van der Waals surface area (Å²) in [5, 5.41) is 13.1. The van der Waals surface area contributed by atoms with E-state index >= 15 is 0 Å². The maximum atomic E-state index is 12.3. The monoisotopic (exact) mass is 335 g/mol. The van der Waals surface area contributed by atoms with Crippen LogP contribution in [0.15, 0.2) is 76.5 Å². The summed E-state index contributed by atoms with van der Waals surface area (Å²) in [5.74, 6) is -0.255. The predicted octanol–water partition coefficient (Wildman–Crippen LogP) is 4.82. The highest BCUT2D eigenvalue weighted by Crippen LogP contribution is 2.47. The van der Waals surface area contributed by atoms with Crippen molar-refractivity contribution in [3.63, 3.8) is 0 Å². The fraction of sp³-hybridized carbons (Fsp3) is 0. The van der Waals surface area contributed by atoms with Crippen molar-refractivity contribution in [2.45, 2.75) is 9.79 Å². The lowest BCUT2D eigenvalue weighted by Crippen LogP contribution is -2.11. The fourth-order valence-corrected chi connectivity index (χ4v) is 3.53. The van der Waals surface area contributed by atoms with Gasteiger partial charge in [0.05, 0.1) is 11.4 Å². The SMILES string of the molecule is O=C(Oc1cccc2c1Nc1ccccc1S2)c1ccccc1O. The lowest BCUT2D eigenvalue weighted by Gasteiger charge is -2.22. The summed E-state index contributed by atoms with van der Waals surface area (Å²) in [6.45, 7) is 0. The van der Waals surface area contributed by atoms with Gasteiger partial charge in [-0.15, -0.1) is 0 Å².